The van der Waals surface area contributed by atoms with Crippen LogP contribution < -0.4 is 10.1 Å². The van der Waals surface area contributed by atoms with Gasteiger partial charge < -0.3 is 14.6 Å². The number of pyridine rings is 1. The highest BCUT2D eigenvalue weighted by molar-refractivity contribution is 6.04. The van der Waals surface area contributed by atoms with Gasteiger partial charge in [-0.15, -0.1) is 5.10 Å². The summed E-state index contributed by atoms with van der Waals surface area (Å²) in [5.74, 6) is 0.912. The van der Waals surface area contributed by atoms with Crippen molar-refractivity contribution in [2.45, 2.75) is 24.8 Å². The van der Waals surface area contributed by atoms with Gasteiger partial charge in [0.05, 0.1) is 29.0 Å². The molecule has 0 saturated heterocycles. The van der Waals surface area contributed by atoms with Crippen molar-refractivity contribution in [1.29, 1.82) is 0 Å². The summed E-state index contributed by atoms with van der Waals surface area (Å²) in [7, 11) is 0. The largest absolute Gasteiger partial charge is 0.488 e. The number of imidazole rings is 1. The van der Waals surface area contributed by atoms with Gasteiger partial charge in [-0.05, 0) is 47.5 Å². The fourth-order valence-electron chi connectivity index (χ4n) is 3.90. The van der Waals surface area contributed by atoms with E-state index in [9.17, 15) is 9.18 Å². The Bertz CT molecular complexity index is 1350. The van der Waals surface area contributed by atoms with Crippen molar-refractivity contribution in [2.75, 3.05) is 18.6 Å². The van der Waals surface area contributed by atoms with Crippen LogP contribution in [0.25, 0.3) is 17.1 Å². The zero-order valence-corrected chi connectivity index (χ0v) is 17.4. The molecule has 0 radical (unpaired) electrons. The molecule has 10 nitrogen and oxygen atoms in total. The summed E-state index contributed by atoms with van der Waals surface area (Å²) < 4.78 is 22.7. The van der Waals surface area contributed by atoms with E-state index in [0.29, 0.717) is 28.7 Å². The van der Waals surface area contributed by atoms with Crippen LogP contribution in [0.15, 0.2) is 49.1 Å². The molecule has 4 aromatic rings. The fraction of sp³-hybridized carbons (Fsp3) is 0.273. The van der Waals surface area contributed by atoms with Gasteiger partial charge in [0.1, 0.15) is 25.0 Å². The number of aromatic nitrogens is 7. The summed E-state index contributed by atoms with van der Waals surface area (Å²) in [6, 6.07) is 8.10. The lowest BCUT2D eigenvalue weighted by Crippen LogP contribution is -2.19. The van der Waals surface area contributed by atoms with Crippen molar-refractivity contribution in [3.8, 4) is 22.8 Å². The second kappa shape index (κ2) is 7.76. The van der Waals surface area contributed by atoms with Gasteiger partial charge >= 0.3 is 0 Å². The number of amides is 1. The molecule has 1 fully saturated rings. The smallest absolute Gasteiger partial charge is 0.274 e. The average Bonchev–Trinajstić information content (AvgIpc) is 3.42. The number of alkyl halides is 1. The molecular weight excluding hydrogens is 427 g/mol. The van der Waals surface area contributed by atoms with Gasteiger partial charge in [-0.2, -0.15) is 0 Å². The Kier molecular flexibility index (Phi) is 4.60. The molecular formula is C22H19FN8O2. The van der Waals surface area contributed by atoms with E-state index in [1.54, 1.807) is 36.8 Å². The Morgan fingerprint density at radius 2 is 2.15 bits per heavy atom. The van der Waals surface area contributed by atoms with Crippen molar-refractivity contribution >= 4 is 11.6 Å². The minimum atomic E-state index is -0.679. The van der Waals surface area contributed by atoms with Gasteiger partial charge in [0, 0.05) is 18.3 Å². The van der Waals surface area contributed by atoms with Crippen molar-refractivity contribution in [3.63, 3.8) is 0 Å². The summed E-state index contributed by atoms with van der Waals surface area (Å²) >= 11 is 0. The fourth-order valence-corrected chi connectivity index (χ4v) is 3.90. The molecule has 0 spiro atoms. The van der Waals surface area contributed by atoms with E-state index in [1.165, 1.54) is 17.5 Å². The van der Waals surface area contributed by atoms with Crippen LogP contribution in [0.4, 0.5) is 10.1 Å². The third-order valence-electron chi connectivity index (χ3n) is 5.81. The molecule has 11 heteroatoms. The molecule has 6 rings (SSSR count). The topological polar surface area (TPSA) is 113 Å². The van der Waals surface area contributed by atoms with E-state index in [4.69, 9.17) is 4.74 Å². The highest BCUT2D eigenvalue weighted by Crippen LogP contribution is 2.40. The first-order chi connectivity index (χ1) is 16.2. The van der Waals surface area contributed by atoms with Crippen molar-refractivity contribution < 1.29 is 13.9 Å². The van der Waals surface area contributed by atoms with E-state index >= 15 is 0 Å². The molecule has 1 atom stereocenters. The Balaban J connectivity index is 1.29. The van der Waals surface area contributed by atoms with Crippen LogP contribution >= 0.6 is 0 Å². The lowest BCUT2D eigenvalue weighted by atomic mass is 10.1. The molecule has 166 valence electrons. The number of halogens is 1. The number of rotatable bonds is 5. The van der Waals surface area contributed by atoms with E-state index in [0.717, 1.165) is 11.4 Å². The van der Waals surface area contributed by atoms with Gasteiger partial charge in [-0.25, -0.2) is 14.1 Å². The molecule has 1 aliphatic carbocycles. The number of carbonyl (C=O) groups excluding carboxylic acids is 1. The van der Waals surface area contributed by atoms with Crippen LogP contribution in [0, 0.1) is 0 Å². The van der Waals surface area contributed by atoms with Gasteiger partial charge in [-0.1, -0.05) is 6.07 Å². The van der Waals surface area contributed by atoms with Gasteiger partial charge in [-0.3, -0.25) is 9.78 Å². The van der Waals surface area contributed by atoms with Crippen LogP contribution in [0.1, 0.15) is 41.0 Å². The summed E-state index contributed by atoms with van der Waals surface area (Å²) in [6.07, 6.45) is 7.67. The Labute approximate surface area is 187 Å². The molecule has 33 heavy (non-hydrogen) atoms. The minimum absolute atomic E-state index is 0.0338. The number of ether oxygens (including phenoxy) is 1. The summed E-state index contributed by atoms with van der Waals surface area (Å²) in [5, 5.41) is 14.4. The third kappa shape index (κ3) is 3.51. The predicted octanol–water partition coefficient (Wildman–Crippen LogP) is 2.95. The number of carbonyl (C=O) groups is 1. The van der Waals surface area contributed by atoms with Crippen molar-refractivity contribution in [1.82, 2.24) is 34.7 Å². The first kappa shape index (κ1) is 19.5. The number of fused-ring (bicyclic) bond motifs is 3. The number of hydrogen-bond donors (Lipinski definition) is 1. The first-order valence-electron chi connectivity index (χ1n) is 10.6. The Hall–Kier alpha value is -4.15. The van der Waals surface area contributed by atoms with Crippen LogP contribution in [-0.2, 0) is 0 Å². The molecule has 0 unspecified atom stereocenters. The first-order valence-corrected chi connectivity index (χ1v) is 10.6. The van der Waals surface area contributed by atoms with E-state index < -0.39 is 18.6 Å². The monoisotopic (exact) mass is 446 g/mol. The van der Waals surface area contributed by atoms with Crippen molar-refractivity contribution in [2.24, 2.45) is 0 Å². The molecule has 2 aliphatic rings. The van der Waals surface area contributed by atoms with Gasteiger partial charge in [0.2, 0.25) is 0 Å². The molecule has 0 bridgehead atoms. The number of para-hydroxylation sites is 1. The number of anilines is 1. The number of hydrogen-bond acceptors (Lipinski definition) is 7. The lowest BCUT2D eigenvalue weighted by Gasteiger charge is -2.14. The third-order valence-corrected chi connectivity index (χ3v) is 5.81. The maximum Gasteiger partial charge on any atom is 0.274 e. The molecule has 1 amide bonds. The number of nitrogens with zero attached hydrogens (tertiary/aromatic N) is 7. The Morgan fingerprint density at radius 3 is 3.00 bits per heavy atom. The number of benzene rings is 1. The highest BCUT2D eigenvalue weighted by atomic mass is 19.1. The SMILES string of the molecule is O=C(Nc1cccc2c1OC[C@H](CF)n1nnnc1-2)c1cc(-n2cnc(C3CC3)c2)ccn1. The normalized spacial score (nSPS) is 16.9. The highest BCUT2D eigenvalue weighted by Gasteiger charge is 2.28. The van der Waals surface area contributed by atoms with Gasteiger partial charge in [0.25, 0.3) is 5.91 Å². The molecule has 1 N–H and O–H groups in total. The van der Waals surface area contributed by atoms with Crippen LogP contribution in [-0.4, -0.2) is 53.9 Å². The maximum absolute atomic E-state index is 13.5. The van der Waals surface area contributed by atoms with Crippen LogP contribution in [0.3, 0.4) is 0 Å². The molecule has 1 aliphatic heterocycles. The zero-order chi connectivity index (χ0) is 22.4. The van der Waals surface area contributed by atoms with E-state index in [2.05, 4.69) is 30.8 Å². The quantitative estimate of drug-likeness (QED) is 0.501. The maximum atomic E-state index is 13.5. The summed E-state index contributed by atoms with van der Waals surface area (Å²) in [5.41, 5.74) is 3.10. The molecule has 3 aromatic heterocycles. The lowest BCUT2D eigenvalue weighted by molar-refractivity contribution is 0.102. The van der Waals surface area contributed by atoms with E-state index in [-0.39, 0.29) is 12.3 Å². The molecule has 4 heterocycles. The molecule has 1 saturated carbocycles. The summed E-state index contributed by atoms with van der Waals surface area (Å²) in [4.78, 5) is 21.7. The Morgan fingerprint density at radius 1 is 1.24 bits per heavy atom. The van der Waals surface area contributed by atoms with Crippen LogP contribution in [0.5, 0.6) is 5.75 Å². The zero-order valence-electron chi connectivity index (χ0n) is 17.4. The van der Waals surface area contributed by atoms with Gasteiger partial charge in [0.15, 0.2) is 11.6 Å². The van der Waals surface area contributed by atoms with Crippen LogP contribution in [0.2, 0.25) is 0 Å². The second-order valence-electron chi connectivity index (χ2n) is 8.08. The standard InChI is InChI=1S/C22H19FN8O2/c23-9-15-11-33-20-16(21-27-28-29-31(15)21)2-1-3-17(20)26-22(32)18-8-14(6-7-24-18)30-10-19(25-12-30)13-4-5-13/h1-3,6-8,10,12-13,15H,4-5,9,11H2,(H,26,32)/t15-/m0/s1. The number of tetrazole rings is 1. The minimum Gasteiger partial charge on any atom is -0.488 e. The second-order valence-corrected chi connectivity index (χ2v) is 8.08. The number of nitrogens with one attached hydrogen (secondary N) is 1. The van der Waals surface area contributed by atoms with E-state index in [1.807, 2.05) is 16.8 Å². The molecule has 1 aromatic carbocycles. The summed E-state index contributed by atoms with van der Waals surface area (Å²) in [6.45, 7) is -0.646. The predicted molar refractivity (Wildman–Crippen MR) is 115 cm³/mol. The average molecular weight is 446 g/mol. The van der Waals surface area contributed by atoms with Crippen molar-refractivity contribution in [3.05, 3.63) is 60.4 Å².